The van der Waals surface area contributed by atoms with Gasteiger partial charge >= 0.3 is 5.97 Å². The summed E-state index contributed by atoms with van der Waals surface area (Å²) in [5.41, 5.74) is -0.379. The molecule has 1 fully saturated rings. The minimum Gasteiger partial charge on any atom is -0.481 e. The largest absolute Gasteiger partial charge is 0.481 e. The molecule has 0 radical (unpaired) electrons. The van der Waals surface area contributed by atoms with E-state index in [1.165, 1.54) is 6.07 Å². The SMILES string of the molecule is Cc1ccc(C(=O)N2CCC(C)(C(=O)O)CC2)c(=O)[nH]1. The lowest BCUT2D eigenvalue weighted by Crippen LogP contribution is -2.46. The van der Waals surface area contributed by atoms with E-state index in [-0.39, 0.29) is 11.5 Å². The number of carboxylic acid groups (broad SMARTS) is 1. The standard InChI is InChI=1S/C14H18N2O4/c1-9-3-4-10(11(17)15-9)12(18)16-7-5-14(2,6-8-16)13(19)20/h3-4H,5-8H2,1-2H3,(H,15,17)(H,19,20). The zero-order valence-corrected chi connectivity index (χ0v) is 11.6. The molecular weight excluding hydrogens is 260 g/mol. The van der Waals surface area contributed by atoms with Crippen LogP contribution in [0.5, 0.6) is 0 Å². The molecule has 1 amide bonds. The molecule has 0 saturated carbocycles. The molecule has 6 heteroatoms. The summed E-state index contributed by atoms with van der Waals surface area (Å²) in [7, 11) is 0. The molecule has 0 aromatic carbocycles. The van der Waals surface area contributed by atoms with E-state index in [9.17, 15) is 14.4 Å². The summed E-state index contributed by atoms with van der Waals surface area (Å²) in [4.78, 5) is 39.3. The fraction of sp³-hybridized carbons (Fsp3) is 0.500. The fourth-order valence-corrected chi connectivity index (χ4v) is 2.33. The van der Waals surface area contributed by atoms with Crippen LogP contribution in [0.1, 0.15) is 35.8 Å². The predicted molar refractivity (Wildman–Crippen MR) is 72.7 cm³/mol. The molecule has 1 aromatic heterocycles. The number of hydrogen-bond donors (Lipinski definition) is 2. The highest BCUT2D eigenvalue weighted by Crippen LogP contribution is 2.31. The Morgan fingerprint density at radius 3 is 2.40 bits per heavy atom. The highest BCUT2D eigenvalue weighted by molar-refractivity contribution is 5.94. The van der Waals surface area contributed by atoms with Crippen LogP contribution in [0.2, 0.25) is 0 Å². The third-order valence-corrected chi connectivity index (χ3v) is 3.96. The number of likely N-dealkylation sites (tertiary alicyclic amines) is 1. The Morgan fingerprint density at radius 1 is 1.30 bits per heavy atom. The summed E-state index contributed by atoms with van der Waals surface area (Å²) in [6.07, 6.45) is 0.801. The van der Waals surface area contributed by atoms with Crippen molar-refractivity contribution in [2.75, 3.05) is 13.1 Å². The van der Waals surface area contributed by atoms with Gasteiger partial charge in [-0.1, -0.05) is 0 Å². The number of carbonyl (C=O) groups excluding carboxylic acids is 1. The number of nitrogens with zero attached hydrogens (tertiary/aromatic N) is 1. The molecule has 1 aromatic rings. The quantitative estimate of drug-likeness (QED) is 0.844. The van der Waals surface area contributed by atoms with Crippen LogP contribution in [0.4, 0.5) is 0 Å². The first-order chi connectivity index (χ1) is 9.33. The topological polar surface area (TPSA) is 90.5 Å². The highest BCUT2D eigenvalue weighted by Gasteiger charge is 2.38. The minimum absolute atomic E-state index is 0.106. The molecule has 1 aliphatic heterocycles. The van der Waals surface area contributed by atoms with Gasteiger partial charge in [-0.3, -0.25) is 14.4 Å². The van der Waals surface area contributed by atoms with Crippen LogP contribution in [0.25, 0.3) is 0 Å². The molecule has 2 N–H and O–H groups in total. The van der Waals surface area contributed by atoms with Gasteiger partial charge in [0.25, 0.3) is 11.5 Å². The van der Waals surface area contributed by atoms with Crippen LogP contribution in [0, 0.1) is 12.3 Å². The molecule has 108 valence electrons. The van der Waals surface area contributed by atoms with Gasteiger partial charge in [0, 0.05) is 18.8 Å². The van der Waals surface area contributed by atoms with Gasteiger partial charge < -0.3 is 15.0 Å². The van der Waals surface area contributed by atoms with Crippen molar-refractivity contribution in [1.82, 2.24) is 9.88 Å². The minimum atomic E-state index is -0.835. The Bertz CT molecular complexity index is 597. The van der Waals surface area contributed by atoms with Crippen molar-refractivity contribution in [1.29, 1.82) is 0 Å². The lowest BCUT2D eigenvalue weighted by atomic mass is 9.80. The Morgan fingerprint density at radius 2 is 1.90 bits per heavy atom. The molecule has 2 heterocycles. The number of aliphatic carboxylic acids is 1. The summed E-state index contributed by atoms with van der Waals surface area (Å²) in [5, 5.41) is 9.16. The smallest absolute Gasteiger partial charge is 0.309 e. The maximum absolute atomic E-state index is 12.3. The molecule has 0 aliphatic carbocycles. The van der Waals surface area contributed by atoms with E-state index in [0.29, 0.717) is 31.6 Å². The summed E-state index contributed by atoms with van der Waals surface area (Å²) >= 11 is 0. The van der Waals surface area contributed by atoms with Gasteiger partial charge in [0.2, 0.25) is 0 Å². The van der Waals surface area contributed by atoms with Crippen LogP contribution in [0.3, 0.4) is 0 Å². The van der Waals surface area contributed by atoms with E-state index in [0.717, 1.165) is 0 Å². The Balaban J connectivity index is 2.13. The zero-order chi connectivity index (χ0) is 14.9. The second-order valence-corrected chi connectivity index (χ2v) is 5.54. The molecule has 6 nitrogen and oxygen atoms in total. The van der Waals surface area contributed by atoms with Crippen LogP contribution in [-0.2, 0) is 4.79 Å². The Labute approximate surface area is 116 Å². The average Bonchev–Trinajstić information content (AvgIpc) is 2.38. The van der Waals surface area contributed by atoms with Crippen molar-refractivity contribution in [3.05, 3.63) is 33.7 Å². The van der Waals surface area contributed by atoms with Crippen molar-refractivity contribution in [3.8, 4) is 0 Å². The molecule has 20 heavy (non-hydrogen) atoms. The summed E-state index contributed by atoms with van der Waals surface area (Å²) in [5.74, 6) is -1.17. The van der Waals surface area contributed by atoms with Gasteiger partial charge in [0.05, 0.1) is 5.41 Å². The van der Waals surface area contributed by atoms with Crippen LogP contribution < -0.4 is 5.56 Å². The highest BCUT2D eigenvalue weighted by atomic mass is 16.4. The number of carboxylic acids is 1. The lowest BCUT2D eigenvalue weighted by Gasteiger charge is -2.36. The third-order valence-electron chi connectivity index (χ3n) is 3.96. The number of carbonyl (C=O) groups is 2. The predicted octanol–water partition coefficient (Wildman–Crippen LogP) is 1.01. The third kappa shape index (κ3) is 2.59. The van der Waals surface area contributed by atoms with Crippen molar-refractivity contribution in [2.45, 2.75) is 26.7 Å². The van der Waals surface area contributed by atoms with Gasteiger partial charge in [-0.15, -0.1) is 0 Å². The normalized spacial score (nSPS) is 17.8. The number of amides is 1. The number of rotatable bonds is 2. The van der Waals surface area contributed by atoms with Gasteiger partial charge in [0.1, 0.15) is 5.56 Å². The van der Waals surface area contributed by atoms with Crippen molar-refractivity contribution >= 4 is 11.9 Å². The summed E-state index contributed by atoms with van der Waals surface area (Å²) < 4.78 is 0. The summed E-state index contributed by atoms with van der Waals surface area (Å²) in [6.45, 7) is 4.15. The number of H-pyrrole nitrogens is 1. The maximum Gasteiger partial charge on any atom is 0.309 e. The molecule has 1 saturated heterocycles. The number of aryl methyl sites for hydroxylation is 1. The number of aromatic amines is 1. The number of hydrogen-bond acceptors (Lipinski definition) is 3. The van der Waals surface area contributed by atoms with Gasteiger partial charge in [0.15, 0.2) is 0 Å². The van der Waals surface area contributed by atoms with E-state index in [1.807, 2.05) is 0 Å². The number of nitrogens with one attached hydrogen (secondary N) is 1. The fourth-order valence-electron chi connectivity index (χ4n) is 2.33. The molecule has 2 rings (SSSR count). The lowest BCUT2D eigenvalue weighted by molar-refractivity contribution is -0.150. The van der Waals surface area contributed by atoms with Crippen LogP contribution in [0.15, 0.2) is 16.9 Å². The molecule has 0 bridgehead atoms. The molecule has 0 unspecified atom stereocenters. The molecule has 0 atom stereocenters. The number of pyridine rings is 1. The number of aromatic nitrogens is 1. The Hall–Kier alpha value is -2.11. The average molecular weight is 278 g/mol. The van der Waals surface area contributed by atoms with Crippen LogP contribution >= 0.6 is 0 Å². The second-order valence-electron chi connectivity index (χ2n) is 5.54. The van der Waals surface area contributed by atoms with Crippen molar-refractivity contribution in [2.24, 2.45) is 5.41 Å². The van der Waals surface area contributed by atoms with Crippen molar-refractivity contribution in [3.63, 3.8) is 0 Å². The molecular formula is C14H18N2O4. The second kappa shape index (κ2) is 5.11. The monoisotopic (exact) mass is 278 g/mol. The zero-order valence-electron chi connectivity index (χ0n) is 11.6. The Kier molecular flexibility index (Phi) is 3.65. The summed E-state index contributed by atoms with van der Waals surface area (Å²) in [6, 6.07) is 3.20. The van der Waals surface area contributed by atoms with Gasteiger partial charge in [-0.05, 0) is 38.8 Å². The van der Waals surface area contributed by atoms with E-state index in [4.69, 9.17) is 5.11 Å². The van der Waals surface area contributed by atoms with E-state index in [1.54, 1.807) is 24.8 Å². The maximum atomic E-state index is 12.3. The van der Waals surface area contributed by atoms with Gasteiger partial charge in [-0.25, -0.2) is 0 Å². The van der Waals surface area contributed by atoms with Crippen molar-refractivity contribution < 1.29 is 14.7 Å². The number of piperidine rings is 1. The van der Waals surface area contributed by atoms with E-state index >= 15 is 0 Å². The first-order valence-corrected chi connectivity index (χ1v) is 6.56. The van der Waals surface area contributed by atoms with Crippen LogP contribution in [-0.4, -0.2) is 40.0 Å². The van der Waals surface area contributed by atoms with E-state index < -0.39 is 16.9 Å². The molecule has 0 spiro atoms. The van der Waals surface area contributed by atoms with Gasteiger partial charge in [-0.2, -0.15) is 0 Å². The first-order valence-electron chi connectivity index (χ1n) is 6.56. The first kappa shape index (κ1) is 14.3. The van der Waals surface area contributed by atoms with E-state index in [2.05, 4.69) is 4.98 Å². The molecule has 1 aliphatic rings.